The molecule has 3 heteroatoms. The molecule has 1 aromatic carbocycles. The molecule has 1 aromatic rings. The van der Waals surface area contributed by atoms with Crippen molar-refractivity contribution in [3.8, 4) is 0 Å². The third kappa shape index (κ3) is 4.50. The second kappa shape index (κ2) is 8.28. The monoisotopic (exact) mass is 276 g/mol. The van der Waals surface area contributed by atoms with Crippen molar-refractivity contribution in [3.63, 3.8) is 0 Å². The third-order valence-electron chi connectivity index (χ3n) is 3.95. The van der Waals surface area contributed by atoms with E-state index in [0.717, 1.165) is 25.6 Å². The Morgan fingerprint density at radius 3 is 2.95 bits per heavy atom. The number of hydrogen-bond donors (Lipinski definition) is 1. The maximum absolute atomic E-state index is 5.02. The fourth-order valence-corrected chi connectivity index (χ4v) is 2.97. The summed E-state index contributed by atoms with van der Waals surface area (Å²) in [4.78, 5) is 2.57. The van der Waals surface area contributed by atoms with E-state index in [1.165, 1.54) is 43.6 Å². The van der Waals surface area contributed by atoms with Crippen molar-refractivity contribution >= 4 is 5.69 Å². The van der Waals surface area contributed by atoms with Gasteiger partial charge in [0.15, 0.2) is 0 Å². The molecule has 2 rings (SSSR count). The maximum Gasteiger partial charge on any atom is 0.0587 e. The number of anilines is 1. The largest absolute Gasteiger partial charge is 0.383 e. The Labute approximate surface area is 123 Å². The van der Waals surface area contributed by atoms with Crippen LogP contribution < -0.4 is 10.2 Å². The predicted octanol–water partition coefficient (Wildman–Crippen LogP) is 2.70. The van der Waals surface area contributed by atoms with Gasteiger partial charge in [-0.15, -0.1) is 0 Å². The van der Waals surface area contributed by atoms with E-state index in [1.54, 1.807) is 7.11 Å². The lowest BCUT2D eigenvalue weighted by atomic mass is 9.94. The Morgan fingerprint density at radius 2 is 2.10 bits per heavy atom. The lowest BCUT2D eigenvalue weighted by Crippen LogP contribution is -2.35. The molecule has 1 aliphatic rings. The number of hydrogen-bond acceptors (Lipinski definition) is 3. The van der Waals surface area contributed by atoms with Crippen molar-refractivity contribution in [2.24, 2.45) is 5.92 Å². The quantitative estimate of drug-likeness (QED) is 0.739. The lowest BCUT2D eigenvalue weighted by Gasteiger charge is -2.35. The number of benzene rings is 1. The molecule has 1 aliphatic heterocycles. The average Bonchev–Trinajstić information content (AvgIpc) is 2.46. The smallest absolute Gasteiger partial charge is 0.0587 e. The van der Waals surface area contributed by atoms with Crippen LogP contribution in [-0.2, 0) is 11.2 Å². The minimum absolute atomic E-state index is 0.768. The highest BCUT2D eigenvalue weighted by Gasteiger charge is 2.20. The van der Waals surface area contributed by atoms with Gasteiger partial charge in [-0.2, -0.15) is 0 Å². The molecule has 112 valence electrons. The van der Waals surface area contributed by atoms with Gasteiger partial charge >= 0.3 is 0 Å². The van der Waals surface area contributed by atoms with Crippen molar-refractivity contribution in [3.05, 3.63) is 29.8 Å². The van der Waals surface area contributed by atoms with Crippen LogP contribution in [-0.4, -0.2) is 39.9 Å². The summed E-state index contributed by atoms with van der Waals surface area (Å²) in [6.45, 7) is 7.59. The van der Waals surface area contributed by atoms with Gasteiger partial charge in [-0.05, 0) is 43.4 Å². The van der Waals surface area contributed by atoms with Crippen LogP contribution in [0.15, 0.2) is 24.3 Å². The van der Waals surface area contributed by atoms with Gasteiger partial charge in [-0.25, -0.2) is 0 Å². The topological polar surface area (TPSA) is 24.5 Å². The Hall–Kier alpha value is -1.06. The number of unbranched alkanes of at least 4 members (excludes halogenated alkanes) is 1. The molecular weight excluding hydrogens is 248 g/mol. The second-order valence-corrected chi connectivity index (χ2v) is 5.83. The van der Waals surface area contributed by atoms with Crippen LogP contribution in [0.25, 0.3) is 0 Å². The van der Waals surface area contributed by atoms with E-state index in [-0.39, 0.29) is 0 Å². The van der Waals surface area contributed by atoms with Crippen molar-refractivity contribution < 1.29 is 4.74 Å². The van der Waals surface area contributed by atoms with Gasteiger partial charge < -0.3 is 15.0 Å². The fraction of sp³-hybridized carbons (Fsp3) is 0.647. The molecule has 0 radical (unpaired) electrons. The molecule has 0 aromatic heterocycles. The summed E-state index contributed by atoms with van der Waals surface area (Å²) in [6.07, 6.45) is 3.71. The lowest BCUT2D eigenvalue weighted by molar-refractivity contribution is 0.199. The molecule has 0 saturated carbocycles. The van der Waals surface area contributed by atoms with E-state index < -0.39 is 0 Å². The standard InChI is InChI=1S/C17H28N2O/c1-15-13-16-7-3-4-8-17(16)19(14-15)11-6-5-9-18-10-12-20-2/h3-4,7-8,15,18H,5-6,9-14H2,1-2H3. The Balaban J connectivity index is 1.73. The first-order valence-electron chi connectivity index (χ1n) is 7.83. The van der Waals surface area contributed by atoms with Crippen molar-refractivity contribution in [1.82, 2.24) is 5.32 Å². The molecule has 1 atom stereocenters. The minimum Gasteiger partial charge on any atom is -0.383 e. The van der Waals surface area contributed by atoms with E-state index in [4.69, 9.17) is 4.74 Å². The Kier molecular flexibility index (Phi) is 6.34. The maximum atomic E-state index is 5.02. The SMILES string of the molecule is COCCNCCCCN1CC(C)Cc2ccccc21. The van der Waals surface area contributed by atoms with Gasteiger partial charge in [-0.1, -0.05) is 25.1 Å². The highest BCUT2D eigenvalue weighted by Crippen LogP contribution is 2.29. The zero-order valence-corrected chi connectivity index (χ0v) is 12.9. The molecule has 1 heterocycles. The first kappa shape index (κ1) is 15.3. The summed E-state index contributed by atoms with van der Waals surface area (Å²) in [7, 11) is 1.75. The van der Waals surface area contributed by atoms with E-state index in [0.29, 0.717) is 0 Å². The zero-order chi connectivity index (χ0) is 14.2. The highest BCUT2D eigenvalue weighted by molar-refractivity contribution is 5.55. The predicted molar refractivity (Wildman–Crippen MR) is 85.5 cm³/mol. The first-order valence-corrected chi connectivity index (χ1v) is 7.83. The highest BCUT2D eigenvalue weighted by atomic mass is 16.5. The molecule has 1 unspecified atom stereocenters. The molecule has 3 nitrogen and oxygen atoms in total. The van der Waals surface area contributed by atoms with E-state index in [1.807, 2.05) is 0 Å². The van der Waals surface area contributed by atoms with Crippen molar-refractivity contribution in [2.75, 3.05) is 44.8 Å². The summed E-state index contributed by atoms with van der Waals surface area (Å²) in [5, 5.41) is 3.41. The normalized spacial score (nSPS) is 18.1. The van der Waals surface area contributed by atoms with E-state index in [2.05, 4.69) is 41.4 Å². The van der Waals surface area contributed by atoms with Crippen LogP contribution in [0.3, 0.4) is 0 Å². The molecule has 0 bridgehead atoms. The first-order chi connectivity index (χ1) is 9.81. The minimum atomic E-state index is 0.768. The van der Waals surface area contributed by atoms with Crippen LogP contribution >= 0.6 is 0 Å². The van der Waals surface area contributed by atoms with Gasteiger partial charge in [0, 0.05) is 32.4 Å². The number of rotatable bonds is 8. The molecule has 0 saturated heterocycles. The average molecular weight is 276 g/mol. The second-order valence-electron chi connectivity index (χ2n) is 5.83. The molecule has 0 fully saturated rings. The van der Waals surface area contributed by atoms with Crippen molar-refractivity contribution in [1.29, 1.82) is 0 Å². The van der Waals surface area contributed by atoms with Crippen LogP contribution in [0.2, 0.25) is 0 Å². The summed E-state index contributed by atoms with van der Waals surface area (Å²) in [5.74, 6) is 0.768. The Bertz CT molecular complexity index is 394. The molecular formula is C17H28N2O. The number of fused-ring (bicyclic) bond motifs is 1. The third-order valence-corrected chi connectivity index (χ3v) is 3.95. The molecule has 1 N–H and O–H groups in total. The van der Waals surface area contributed by atoms with Crippen molar-refractivity contribution in [2.45, 2.75) is 26.2 Å². The number of nitrogens with one attached hydrogen (secondary N) is 1. The molecule has 0 amide bonds. The fourth-order valence-electron chi connectivity index (χ4n) is 2.97. The van der Waals surface area contributed by atoms with E-state index in [9.17, 15) is 0 Å². The van der Waals surface area contributed by atoms with Gasteiger partial charge in [0.1, 0.15) is 0 Å². The number of methoxy groups -OCH3 is 1. The van der Waals surface area contributed by atoms with Gasteiger partial charge in [0.25, 0.3) is 0 Å². The van der Waals surface area contributed by atoms with Gasteiger partial charge in [-0.3, -0.25) is 0 Å². The summed E-state index contributed by atoms with van der Waals surface area (Å²) in [5.41, 5.74) is 2.97. The Morgan fingerprint density at radius 1 is 1.25 bits per heavy atom. The summed E-state index contributed by atoms with van der Waals surface area (Å²) >= 11 is 0. The van der Waals surface area contributed by atoms with Gasteiger partial charge in [0.2, 0.25) is 0 Å². The molecule has 20 heavy (non-hydrogen) atoms. The van der Waals surface area contributed by atoms with Gasteiger partial charge in [0.05, 0.1) is 6.61 Å². The van der Waals surface area contributed by atoms with Crippen LogP contribution in [0.1, 0.15) is 25.3 Å². The summed E-state index contributed by atoms with van der Waals surface area (Å²) in [6, 6.07) is 8.88. The number of nitrogens with zero attached hydrogens (tertiary/aromatic N) is 1. The zero-order valence-electron chi connectivity index (χ0n) is 12.9. The van der Waals surface area contributed by atoms with Crippen LogP contribution in [0.4, 0.5) is 5.69 Å². The van der Waals surface area contributed by atoms with E-state index >= 15 is 0 Å². The number of ether oxygens (including phenoxy) is 1. The van der Waals surface area contributed by atoms with Crippen LogP contribution in [0, 0.1) is 5.92 Å². The summed E-state index contributed by atoms with van der Waals surface area (Å²) < 4.78 is 5.02. The number of para-hydroxylation sites is 1. The molecule has 0 spiro atoms. The van der Waals surface area contributed by atoms with Crippen LogP contribution in [0.5, 0.6) is 0 Å². The molecule has 0 aliphatic carbocycles.